The van der Waals surface area contributed by atoms with Crippen LogP contribution in [0.5, 0.6) is 0 Å². The van der Waals surface area contributed by atoms with Gasteiger partial charge in [0.05, 0.1) is 10.8 Å². The second-order valence-electron chi connectivity index (χ2n) is 6.87. The van der Waals surface area contributed by atoms with E-state index in [9.17, 15) is 0 Å². The van der Waals surface area contributed by atoms with E-state index < -0.39 is 0 Å². The summed E-state index contributed by atoms with van der Waals surface area (Å²) in [7, 11) is 0.0929. The summed E-state index contributed by atoms with van der Waals surface area (Å²) in [5.74, 6) is 0. The molecule has 0 aliphatic carbocycles. The lowest BCUT2D eigenvalue weighted by Crippen LogP contribution is -2.24. The van der Waals surface area contributed by atoms with Crippen molar-refractivity contribution in [2.75, 3.05) is 25.7 Å². The Hall–Kier alpha value is 0.310. The van der Waals surface area contributed by atoms with Gasteiger partial charge in [-0.15, -0.1) is 0 Å². The average Bonchev–Trinajstić information content (AvgIpc) is 2.61. The van der Waals surface area contributed by atoms with E-state index in [1.165, 1.54) is 25.2 Å². The van der Waals surface area contributed by atoms with Gasteiger partial charge in [-0.25, -0.2) is 0 Å². The van der Waals surface area contributed by atoms with Gasteiger partial charge in [0.1, 0.15) is 0 Å². The minimum Gasteiger partial charge on any atom is -0.0932 e. The molecule has 96 valence electrons. The molecule has 0 radical (unpaired) electrons. The molecule has 2 atom stereocenters. The zero-order valence-corrected chi connectivity index (χ0v) is 14.0. The highest BCUT2D eigenvalue weighted by molar-refractivity contribution is 7.76. The van der Waals surface area contributed by atoms with Gasteiger partial charge in [-0.3, -0.25) is 0 Å². The highest BCUT2D eigenvalue weighted by Crippen LogP contribution is 2.53. The summed E-state index contributed by atoms with van der Waals surface area (Å²) < 4.78 is 5.23. The van der Waals surface area contributed by atoms with Crippen molar-refractivity contribution in [3.8, 4) is 0 Å². The SMILES string of the molecule is CP1CCC(C)(C)C1=[N+]=C1P(C)CCC1(C)C. The van der Waals surface area contributed by atoms with Crippen molar-refractivity contribution in [1.29, 1.82) is 0 Å². The second-order valence-corrected chi connectivity index (χ2v) is 11.4. The van der Waals surface area contributed by atoms with Crippen LogP contribution >= 0.6 is 15.8 Å². The molecule has 0 bridgehead atoms. The molecular formula is C14H26NP2+. The maximum absolute atomic E-state index is 5.23. The third-order valence-corrected chi connectivity index (χ3v) is 8.94. The predicted molar refractivity (Wildman–Crippen MR) is 84.4 cm³/mol. The molecule has 2 aliphatic heterocycles. The first-order valence-corrected chi connectivity index (χ1v) is 10.6. The van der Waals surface area contributed by atoms with Gasteiger partial charge in [-0.2, -0.15) is 0 Å². The molecule has 3 heteroatoms. The molecule has 17 heavy (non-hydrogen) atoms. The van der Waals surface area contributed by atoms with E-state index >= 15 is 0 Å². The van der Waals surface area contributed by atoms with Gasteiger partial charge in [-0.1, -0.05) is 4.67 Å². The van der Waals surface area contributed by atoms with Gasteiger partial charge >= 0.3 is 10.9 Å². The lowest BCUT2D eigenvalue weighted by atomic mass is 9.91. The van der Waals surface area contributed by atoms with Crippen LogP contribution in [0.4, 0.5) is 0 Å². The molecule has 2 heterocycles. The molecule has 0 N–H and O–H groups in total. The Bertz CT molecular complexity index is 355. The van der Waals surface area contributed by atoms with E-state index in [4.69, 9.17) is 4.67 Å². The smallest absolute Gasteiger partial charge is 0.0932 e. The maximum atomic E-state index is 5.23. The van der Waals surface area contributed by atoms with E-state index in [0.29, 0.717) is 10.8 Å². The van der Waals surface area contributed by atoms with Crippen molar-refractivity contribution in [2.24, 2.45) is 10.8 Å². The predicted octanol–water partition coefficient (Wildman–Crippen LogP) is 3.93. The van der Waals surface area contributed by atoms with Crippen LogP contribution in [0.3, 0.4) is 0 Å². The largest absolute Gasteiger partial charge is 0.304 e. The Morgan fingerprint density at radius 2 is 1.18 bits per heavy atom. The van der Waals surface area contributed by atoms with Gasteiger partial charge in [-0.05, 0) is 66.2 Å². The van der Waals surface area contributed by atoms with E-state index in [1.807, 2.05) is 0 Å². The lowest BCUT2D eigenvalue weighted by Gasteiger charge is -2.12. The van der Waals surface area contributed by atoms with Crippen LogP contribution in [-0.2, 0) is 0 Å². The fourth-order valence-corrected chi connectivity index (χ4v) is 8.06. The standard InChI is InChI=1S/C14H26NP2/c1-13(2)7-9-16(5)11(13)15-12-14(3,4)8-10-17(12)6/h7-10H2,1-6H3/q+1. The van der Waals surface area contributed by atoms with Crippen LogP contribution in [0.25, 0.3) is 0 Å². The molecule has 0 aromatic carbocycles. The number of nitrogens with zero attached hydrogens (tertiary/aromatic N) is 1. The van der Waals surface area contributed by atoms with Crippen molar-refractivity contribution in [3.05, 3.63) is 0 Å². The van der Waals surface area contributed by atoms with E-state index in [1.54, 1.807) is 10.9 Å². The lowest BCUT2D eigenvalue weighted by molar-refractivity contribution is 0.519. The minimum atomic E-state index is 0.0465. The zero-order valence-electron chi connectivity index (χ0n) is 12.2. The van der Waals surface area contributed by atoms with Crippen LogP contribution in [0.15, 0.2) is 0 Å². The summed E-state index contributed by atoms with van der Waals surface area (Å²) >= 11 is 0. The van der Waals surface area contributed by atoms with Crippen LogP contribution < -0.4 is 4.67 Å². The van der Waals surface area contributed by atoms with E-state index in [-0.39, 0.29) is 15.8 Å². The molecule has 2 aliphatic rings. The van der Waals surface area contributed by atoms with Crippen molar-refractivity contribution < 1.29 is 0 Å². The Labute approximate surface area is 109 Å². The summed E-state index contributed by atoms with van der Waals surface area (Å²) in [4.78, 5) is 0. The first kappa shape index (κ1) is 13.7. The fourth-order valence-electron chi connectivity index (χ4n) is 2.94. The topological polar surface area (TPSA) is 14.1 Å². The summed E-state index contributed by atoms with van der Waals surface area (Å²) in [5, 5.41) is 0. The Balaban J connectivity index is 2.52. The molecule has 2 unspecified atom stereocenters. The third-order valence-electron chi connectivity index (χ3n) is 4.29. The van der Waals surface area contributed by atoms with Crippen LogP contribution in [0, 0.1) is 10.8 Å². The normalized spacial score (nSPS) is 35.2. The highest BCUT2D eigenvalue weighted by atomic mass is 31.1. The zero-order chi connectivity index (χ0) is 12.8. The average molecular weight is 270 g/mol. The van der Waals surface area contributed by atoms with E-state index in [0.717, 1.165) is 0 Å². The summed E-state index contributed by atoms with van der Waals surface area (Å²) in [6.45, 7) is 14.4. The first-order chi connectivity index (χ1) is 7.74. The molecule has 0 saturated carbocycles. The number of rotatable bonds is 0. The van der Waals surface area contributed by atoms with Crippen molar-refractivity contribution in [3.63, 3.8) is 0 Å². The quantitative estimate of drug-likeness (QED) is 0.467. The van der Waals surface area contributed by atoms with Gasteiger partial charge < -0.3 is 0 Å². The van der Waals surface area contributed by atoms with Gasteiger partial charge in [0, 0.05) is 15.8 Å². The molecule has 2 fully saturated rings. The highest BCUT2D eigenvalue weighted by Gasteiger charge is 2.48. The summed E-state index contributed by atoms with van der Waals surface area (Å²) in [6.07, 6.45) is 5.44. The van der Waals surface area contributed by atoms with Crippen molar-refractivity contribution >= 4 is 26.7 Å². The minimum absolute atomic E-state index is 0.0465. The monoisotopic (exact) mass is 270 g/mol. The van der Waals surface area contributed by atoms with Gasteiger partial charge in [0.25, 0.3) is 0 Å². The van der Waals surface area contributed by atoms with Crippen LogP contribution in [-0.4, -0.2) is 36.6 Å². The molecule has 0 amide bonds. The first-order valence-electron chi connectivity index (χ1n) is 6.63. The van der Waals surface area contributed by atoms with Crippen molar-refractivity contribution in [1.82, 2.24) is 4.67 Å². The summed E-state index contributed by atoms with van der Waals surface area (Å²) in [6, 6.07) is 0. The van der Waals surface area contributed by atoms with Crippen LogP contribution in [0.1, 0.15) is 40.5 Å². The molecule has 2 saturated heterocycles. The number of hydrogen-bond acceptors (Lipinski definition) is 0. The van der Waals surface area contributed by atoms with Gasteiger partial charge in [0.2, 0.25) is 0 Å². The molecule has 0 aromatic heterocycles. The molecule has 0 aromatic rings. The third kappa shape index (κ3) is 2.53. The summed E-state index contributed by atoms with van der Waals surface area (Å²) in [5.41, 5.74) is 3.82. The fraction of sp³-hybridized carbons (Fsp3) is 0.857. The second kappa shape index (κ2) is 4.45. The molecule has 2 rings (SSSR count). The molecular weight excluding hydrogens is 244 g/mol. The maximum Gasteiger partial charge on any atom is 0.304 e. The van der Waals surface area contributed by atoms with Gasteiger partial charge in [0.15, 0.2) is 0 Å². The Morgan fingerprint density at radius 1 is 0.824 bits per heavy atom. The van der Waals surface area contributed by atoms with Crippen molar-refractivity contribution in [2.45, 2.75) is 40.5 Å². The Kier molecular flexibility index (Phi) is 3.60. The molecule has 0 spiro atoms. The number of hydrogen-bond donors (Lipinski definition) is 0. The Morgan fingerprint density at radius 3 is 1.41 bits per heavy atom. The van der Waals surface area contributed by atoms with E-state index in [2.05, 4.69) is 41.0 Å². The van der Waals surface area contributed by atoms with Crippen LogP contribution in [0.2, 0.25) is 0 Å². The molecule has 1 nitrogen and oxygen atoms in total.